The van der Waals surface area contributed by atoms with E-state index in [1.165, 1.54) is 18.2 Å². The van der Waals surface area contributed by atoms with Crippen LogP contribution in [0.2, 0.25) is 10.0 Å². The van der Waals surface area contributed by atoms with Crippen molar-refractivity contribution < 1.29 is 9.66 Å². The molecule has 0 saturated carbocycles. The van der Waals surface area contributed by atoms with E-state index in [0.717, 1.165) is 5.56 Å². The van der Waals surface area contributed by atoms with E-state index in [1.807, 2.05) is 0 Å². The molecule has 5 nitrogen and oxygen atoms in total. The van der Waals surface area contributed by atoms with E-state index in [0.29, 0.717) is 16.5 Å². The van der Waals surface area contributed by atoms with Crippen LogP contribution < -0.4 is 10.5 Å². The Kier molecular flexibility index (Phi) is 4.44. The summed E-state index contributed by atoms with van der Waals surface area (Å²) in [6.07, 6.45) is 0. The zero-order valence-corrected chi connectivity index (χ0v) is 11.7. The van der Waals surface area contributed by atoms with Gasteiger partial charge >= 0.3 is 0 Å². The molecule has 0 aliphatic rings. The summed E-state index contributed by atoms with van der Waals surface area (Å²) >= 11 is 11.9. The van der Waals surface area contributed by atoms with Crippen molar-refractivity contribution in [3.8, 4) is 11.5 Å². The fourth-order valence-electron chi connectivity index (χ4n) is 1.60. The van der Waals surface area contributed by atoms with Gasteiger partial charge in [-0.1, -0.05) is 29.3 Å². The van der Waals surface area contributed by atoms with Crippen molar-refractivity contribution in [3.05, 3.63) is 62.1 Å². The van der Waals surface area contributed by atoms with Gasteiger partial charge in [0.15, 0.2) is 0 Å². The fourth-order valence-corrected chi connectivity index (χ4v) is 1.97. The quantitative estimate of drug-likeness (QED) is 0.679. The first-order valence-corrected chi connectivity index (χ1v) is 6.37. The van der Waals surface area contributed by atoms with Gasteiger partial charge in [0.05, 0.1) is 9.95 Å². The lowest BCUT2D eigenvalue weighted by Gasteiger charge is -2.11. The minimum Gasteiger partial charge on any atom is -0.455 e. The molecule has 0 unspecified atom stereocenters. The summed E-state index contributed by atoms with van der Waals surface area (Å²) < 4.78 is 5.63. The Labute approximate surface area is 125 Å². The van der Waals surface area contributed by atoms with Gasteiger partial charge in [-0.05, 0) is 18.2 Å². The van der Waals surface area contributed by atoms with Crippen molar-refractivity contribution in [3.63, 3.8) is 0 Å². The van der Waals surface area contributed by atoms with Gasteiger partial charge in [-0.2, -0.15) is 0 Å². The molecular weight excluding hydrogens is 303 g/mol. The summed E-state index contributed by atoms with van der Waals surface area (Å²) in [6, 6.07) is 9.03. The smallest absolute Gasteiger partial charge is 0.271 e. The van der Waals surface area contributed by atoms with E-state index in [9.17, 15) is 10.1 Å². The number of non-ortho nitro benzene ring substituents is 1. The average molecular weight is 313 g/mol. The van der Waals surface area contributed by atoms with Gasteiger partial charge in [0.25, 0.3) is 5.69 Å². The van der Waals surface area contributed by atoms with Crippen LogP contribution in [0.15, 0.2) is 36.4 Å². The number of hydrogen-bond donors (Lipinski definition) is 1. The summed E-state index contributed by atoms with van der Waals surface area (Å²) in [5, 5.41) is 11.3. The van der Waals surface area contributed by atoms with Crippen molar-refractivity contribution >= 4 is 28.9 Å². The number of hydrogen-bond acceptors (Lipinski definition) is 4. The number of nitrogens with zero attached hydrogens (tertiary/aromatic N) is 1. The first-order valence-electron chi connectivity index (χ1n) is 5.61. The molecule has 7 heteroatoms. The van der Waals surface area contributed by atoms with Crippen molar-refractivity contribution in [1.82, 2.24) is 0 Å². The monoisotopic (exact) mass is 312 g/mol. The normalized spacial score (nSPS) is 10.3. The van der Waals surface area contributed by atoms with Crippen LogP contribution in [-0.2, 0) is 6.54 Å². The Hall–Kier alpha value is -1.82. The van der Waals surface area contributed by atoms with Gasteiger partial charge < -0.3 is 10.5 Å². The highest BCUT2D eigenvalue weighted by atomic mass is 35.5. The van der Waals surface area contributed by atoms with Crippen molar-refractivity contribution in [2.75, 3.05) is 0 Å². The largest absolute Gasteiger partial charge is 0.455 e. The summed E-state index contributed by atoms with van der Waals surface area (Å²) in [7, 11) is 0. The van der Waals surface area contributed by atoms with E-state index < -0.39 is 4.92 Å². The molecule has 2 aromatic carbocycles. The van der Waals surface area contributed by atoms with Crippen LogP contribution in [0.25, 0.3) is 0 Å². The maximum Gasteiger partial charge on any atom is 0.271 e. The summed E-state index contributed by atoms with van der Waals surface area (Å²) in [5.74, 6) is 0.769. The molecule has 0 aliphatic heterocycles. The first-order chi connectivity index (χ1) is 9.51. The second kappa shape index (κ2) is 6.09. The summed E-state index contributed by atoms with van der Waals surface area (Å²) in [6.45, 7) is 0.275. The molecule has 0 aliphatic carbocycles. The molecule has 0 aromatic heterocycles. The lowest BCUT2D eigenvalue weighted by atomic mass is 10.2. The highest BCUT2D eigenvalue weighted by molar-refractivity contribution is 6.32. The number of halogens is 2. The molecule has 0 radical (unpaired) electrons. The average Bonchev–Trinajstić information content (AvgIpc) is 2.41. The molecule has 20 heavy (non-hydrogen) atoms. The molecule has 2 N–H and O–H groups in total. The Balaban J connectivity index is 2.35. The Morgan fingerprint density at radius 3 is 2.50 bits per heavy atom. The number of nitro benzene ring substituents is 1. The predicted molar refractivity (Wildman–Crippen MR) is 77.5 cm³/mol. The van der Waals surface area contributed by atoms with Crippen LogP contribution in [0.5, 0.6) is 11.5 Å². The van der Waals surface area contributed by atoms with Gasteiger partial charge in [0.2, 0.25) is 0 Å². The molecule has 0 heterocycles. The van der Waals surface area contributed by atoms with Crippen LogP contribution in [0, 0.1) is 10.1 Å². The van der Waals surface area contributed by atoms with Crippen LogP contribution >= 0.6 is 23.2 Å². The van der Waals surface area contributed by atoms with Crippen LogP contribution in [-0.4, -0.2) is 4.92 Å². The standard InChI is InChI=1S/C13H10Cl2N2O3/c14-9-2-1-8(7-16)13(5-9)20-12-4-3-10(17(18)19)6-11(12)15/h1-6H,7,16H2. The second-order valence-corrected chi connectivity index (χ2v) is 4.77. The van der Waals surface area contributed by atoms with Crippen molar-refractivity contribution in [1.29, 1.82) is 0 Å². The Bertz CT molecular complexity index is 662. The molecule has 0 atom stereocenters. The van der Waals surface area contributed by atoms with Gasteiger partial charge in [-0.3, -0.25) is 10.1 Å². The molecule has 2 aromatic rings. The molecule has 0 fully saturated rings. The topological polar surface area (TPSA) is 78.4 Å². The number of nitro groups is 1. The van der Waals surface area contributed by atoms with Crippen molar-refractivity contribution in [2.24, 2.45) is 5.73 Å². The zero-order chi connectivity index (χ0) is 14.7. The summed E-state index contributed by atoms with van der Waals surface area (Å²) in [4.78, 5) is 10.1. The highest BCUT2D eigenvalue weighted by Gasteiger charge is 2.12. The molecule has 104 valence electrons. The lowest BCUT2D eigenvalue weighted by molar-refractivity contribution is -0.384. The molecule has 0 spiro atoms. The lowest BCUT2D eigenvalue weighted by Crippen LogP contribution is -1.99. The fraction of sp³-hybridized carbons (Fsp3) is 0.0769. The SMILES string of the molecule is NCc1ccc(Cl)cc1Oc1ccc([N+](=O)[O-])cc1Cl. The molecular formula is C13H10Cl2N2O3. The van der Waals surface area contributed by atoms with E-state index in [-0.39, 0.29) is 17.3 Å². The maximum atomic E-state index is 10.6. The maximum absolute atomic E-state index is 10.6. The van der Waals surface area contributed by atoms with Crippen LogP contribution in [0.3, 0.4) is 0 Å². The van der Waals surface area contributed by atoms with E-state index >= 15 is 0 Å². The minimum atomic E-state index is -0.527. The summed E-state index contributed by atoms with van der Waals surface area (Å²) in [5.41, 5.74) is 6.26. The Morgan fingerprint density at radius 1 is 1.15 bits per heavy atom. The van der Waals surface area contributed by atoms with Gasteiger partial charge in [-0.15, -0.1) is 0 Å². The second-order valence-electron chi connectivity index (χ2n) is 3.93. The minimum absolute atomic E-state index is 0.104. The first kappa shape index (κ1) is 14.6. The zero-order valence-electron chi connectivity index (χ0n) is 10.2. The van der Waals surface area contributed by atoms with Crippen LogP contribution in [0.4, 0.5) is 5.69 Å². The van der Waals surface area contributed by atoms with E-state index in [4.69, 9.17) is 33.7 Å². The van der Waals surface area contributed by atoms with Gasteiger partial charge in [0.1, 0.15) is 11.5 Å². The third-order valence-corrected chi connectivity index (χ3v) is 3.13. The number of benzene rings is 2. The Morgan fingerprint density at radius 2 is 1.90 bits per heavy atom. The van der Waals surface area contributed by atoms with Gasteiger partial charge in [-0.25, -0.2) is 0 Å². The van der Waals surface area contributed by atoms with E-state index in [1.54, 1.807) is 18.2 Å². The molecule has 0 bridgehead atoms. The van der Waals surface area contributed by atoms with E-state index in [2.05, 4.69) is 0 Å². The van der Waals surface area contributed by atoms with Crippen LogP contribution in [0.1, 0.15) is 5.56 Å². The highest BCUT2D eigenvalue weighted by Crippen LogP contribution is 2.34. The third kappa shape index (κ3) is 3.19. The number of ether oxygens (including phenoxy) is 1. The number of nitrogens with two attached hydrogens (primary N) is 1. The molecule has 2 rings (SSSR count). The predicted octanol–water partition coefficient (Wildman–Crippen LogP) is 4.15. The molecule has 0 saturated heterocycles. The molecule has 0 amide bonds. The van der Waals surface area contributed by atoms with Crippen molar-refractivity contribution in [2.45, 2.75) is 6.54 Å². The van der Waals surface area contributed by atoms with Gasteiger partial charge in [0, 0.05) is 29.3 Å². The number of rotatable bonds is 4. The third-order valence-electron chi connectivity index (χ3n) is 2.60.